The van der Waals surface area contributed by atoms with Crippen LogP contribution in [0.1, 0.15) is 30.0 Å². The molecule has 0 bridgehead atoms. The van der Waals surface area contributed by atoms with Crippen molar-refractivity contribution in [1.82, 2.24) is 9.78 Å². The van der Waals surface area contributed by atoms with Crippen LogP contribution in [0.4, 0.5) is 11.5 Å². The summed E-state index contributed by atoms with van der Waals surface area (Å²) in [7, 11) is -3.88. The third-order valence-electron chi connectivity index (χ3n) is 4.52. The van der Waals surface area contributed by atoms with Crippen molar-refractivity contribution in [2.24, 2.45) is 0 Å². The Kier molecular flexibility index (Phi) is 4.60. The number of benzene rings is 2. The number of nitrogens with zero attached hydrogens (tertiary/aromatic N) is 3. The molecule has 4 rings (SSSR count). The monoisotopic (exact) mass is 398 g/mol. The first kappa shape index (κ1) is 18.2. The molecule has 1 aliphatic carbocycles. The lowest BCUT2D eigenvalue weighted by molar-refractivity contribution is -0.385. The predicted octanol–water partition coefficient (Wildman–Crippen LogP) is 3.60. The van der Waals surface area contributed by atoms with Gasteiger partial charge in [-0.15, -0.1) is 0 Å². The minimum Gasteiger partial charge on any atom is -0.267 e. The van der Waals surface area contributed by atoms with Crippen LogP contribution in [0.5, 0.6) is 0 Å². The van der Waals surface area contributed by atoms with Gasteiger partial charge in [0.25, 0.3) is 5.69 Å². The smallest absolute Gasteiger partial charge is 0.267 e. The van der Waals surface area contributed by atoms with Crippen LogP contribution in [0.2, 0.25) is 0 Å². The van der Waals surface area contributed by atoms with Crippen LogP contribution in [-0.4, -0.2) is 23.1 Å². The standard InChI is InChI=1S/C19H18N4O4S/c24-23(25)18-9-5-4-6-15(18)13-28(26,27)21-19-12-17(14-10-11-14)20-22(19)16-7-2-1-3-8-16/h1-9,12,14,21H,10-11,13H2. The Morgan fingerprint density at radius 2 is 1.79 bits per heavy atom. The first-order valence-corrected chi connectivity index (χ1v) is 10.5. The van der Waals surface area contributed by atoms with E-state index in [-0.39, 0.29) is 11.3 Å². The number of nitro groups is 1. The summed E-state index contributed by atoms with van der Waals surface area (Å²) in [6.45, 7) is 0. The lowest BCUT2D eigenvalue weighted by Crippen LogP contribution is -2.18. The van der Waals surface area contributed by atoms with Gasteiger partial charge in [-0.25, -0.2) is 13.1 Å². The number of nitrogens with one attached hydrogen (secondary N) is 1. The van der Waals surface area contributed by atoms with Crippen LogP contribution in [-0.2, 0) is 15.8 Å². The van der Waals surface area contributed by atoms with Crippen molar-refractivity contribution in [1.29, 1.82) is 0 Å². The van der Waals surface area contributed by atoms with Crippen molar-refractivity contribution in [3.63, 3.8) is 0 Å². The molecule has 1 saturated carbocycles. The Hall–Kier alpha value is -3.20. The number of para-hydroxylation sites is 2. The van der Waals surface area contributed by atoms with Gasteiger partial charge in [0.05, 0.1) is 16.3 Å². The van der Waals surface area contributed by atoms with Crippen LogP contribution < -0.4 is 4.72 Å². The molecule has 0 saturated heterocycles. The largest absolute Gasteiger partial charge is 0.273 e. The van der Waals surface area contributed by atoms with Crippen molar-refractivity contribution in [2.45, 2.75) is 24.5 Å². The third-order valence-corrected chi connectivity index (χ3v) is 5.73. The molecule has 9 heteroatoms. The molecule has 1 N–H and O–H groups in total. The van der Waals surface area contributed by atoms with Gasteiger partial charge >= 0.3 is 0 Å². The maximum absolute atomic E-state index is 12.7. The number of aromatic nitrogens is 2. The van der Waals surface area contributed by atoms with E-state index in [1.807, 2.05) is 30.3 Å². The summed E-state index contributed by atoms with van der Waals surface area (Å²) in [4.78, 5) is 10.6. The fourth-order valence-electron chi connectivity index (χ4n) is 3.03. The molecule has 0 aliphatic heterocycles. The summed E-state index contributed by atoms with van der Waals surface area (Å²) in [6.07, 6.45) is 2.07. The highest BCUT2D eigenvalue weighted by Crippen LogP contribution is 2.40. The Balaban J connectivity index is 1.66. The minimum atomic E-state index is -3.88. The van der Waals surface area contributed by atoms with Gasteiger partial charge in [0.1, 0.15) is 11.6 Å². The van der Waals surface area contributed by atoms with E-state index in [1.54, 1.807) is 16.8 Å². The Labute approximate surface area is 162 Å². The van der Waals surface area contributed by atoms with E-state index in [1.165, 1.54) is 18.2 Å². The zero-order chi connectivity index (χ0) is 19.7. The van der Waals surface area contributed by atoms with E-state index in [0.717, 1.165) is 24.2 Å². The number of rotatable bonds is 7. The molecule has 0 unspecified atom stereocenters. The van der Waals surface area contributed by atoms with Crippen molar-refractivity contribution < 1.29 is 13.3 Å². The maximum atomic E-state index is 12.7. The third kappa shape index (κ3) is 3.89. The number of hydrogen-bond acceptors (Lipinski definition) is 5. The van der Waals surface area contributed by atoms with Crippen molar-refractivity contribution in [2.75, 3.05) is 4.72 Å². The number of nitro benzene ring substituents is 1. The van der Waals surface area contributed by atoms with Gasteiger partial charge in [-0.3, -0.25) is 14.8 Å². The van der Waals surface area contributed by atoms with E-state index in [0.29, 0.717) is 11.7 Å². The highest BCUT2D eigenvalue weighted by atomic mass is 32.2. The van der Waals surface area contributed by atoms with Gasteiger partial charge in [-0.2, -0.15) is 5.10 Å². The van der Waals surface area contributed by atoms with Gasteiger partial charge in [0.2, 0.25) is 10.0 Å². The fraction of sp³-hybridized carbons (Fsp3) is 0.211. The fourth-order valence-corrected chi connectivity index (χ4v) is 4.22. The molecular formula is C19H18N4O4S. The molecule has 0 atom stereocenters. The first-order valence-electron chi connectivity index (χ1n) is 8.81. The van der Waals surface area contributed by atoms with Gasteiger partial charge in [-0.1, -0.05) is 36.4 Å². The Bertz CT molecular complexity index is 1120. The second-order valence-corrected chi connectivity index (χ2v) is 8.45. The molecule has 0 radical (unpaired) electrons. The summed E-state index contributed by atoms with van der Waals surface area (Å²) in [6, 6.07) is 16.8. The molecule has 1 aliphatic rings. The average Bonchev–Trinajstić information content (AvgIpc) is 3.43. The van der Waals surface area contributed by atoms with Crippen molar-refractivity contribution >= 4 is 21.5 Å². The van der Waals surface area contributed by atoms with Crippen LogP contribution in [0.3, 0.4) is 0 Å². The molecule has 1 fully saturated rings. The number of anilines is 1. The lowest BCUT2D eigenvalue weighted by Gasteiger charge is -2.10. The van der Waals surface area contributed by atoms with Gasteiger partial charge in [0.15, 0.2) is 0 Å². The highest BCUT2D eigenvalue weighted by molar-refractivity contribution is 7.91. The summed E-state index contributed by atoms with van der Waals surface area (Å²) in [5.41, 5.74) is 1.49. The SMILES string of the molecule is O=[N+]([O-])c1ccccc1CS(=O)(=O)Nc1cc(C2CC2)nn1-c1ccccc1. The van der Waals surface area contributed by atoms with Gasteiger partial charge in [0, 0.05) is 23.6 Å². The molecule has 144 valence electrons. The number of hydrogen-bond donors (Lipinski definition) is 1. The zero-order valence-electron chi connectivity index (χ0n) is 14.9. The quantitative estimate of drug-likeness (QED) is 0.483. The molecule has 28 heavy (non-hydrogen) atoms. The summed E-state index contributed by atoms with van der Waals surface area (Å²) >= 11 is 0. The first-order chi connectivity index (χ1) is 13.4. The van der Waals surface area contributed by atoms with Crippen LogP contribution in [0.15, 0.2) is 60.7 Å². The molecule has 2 aromatic carbocycles. The van der Waals surface area contributed by atoms with Crippen LogP contribution in [0.25, 0.3) is 5.69 Å². The Morgan fingerprint density at radius 3 is 2.46 bits per heavy atom. The average molecular weight is 398 g/mol. The topological polar surface area (TPSA) is 107 Å². The summed E-state index contributed by atoms with van der Waals surface area (Å²) in [5.74, 6) is 0.179. The second-order valence-electron chi connectivity index (χ2n) is 6.72. The van der Waals surface area contributed by atoms with E-state index in [2.05, 4.69) is 9.82 Å². The lowest BCUT2D eigenvalue weighted by atomic mass is 10.2. The van der Waals surface area contributed by atoms with Gasteiger partial charge in [-0.05, 0) is 25.0 Å². The zero-order valence-corrected chi connectivity index (χ0v) is 15.7. The molecule has 0 amide bonds. The van der Waals surface area contributed by atoms with Crippen molar-refractivity contribution in [3.05, 3.63) is 82.0 Å². The summed E-state index contributed by atoms with van der Waals surface area (Å²) < 4.78 is 29.6. The van der Waals surface area contributed by atoms with E-state index >= 15 is 0 Å². The molecule has 0 spiro atoms. The van der Waals surface area contributed by atoms with E-state index in [4.69, 9.17) is 0 Å². The molecule has 1 aromatic heterocycles. The number of sulfonamides is 1. The highest BCUT2D eigenvalue weighted by Gasteiger charge is 2.29. The molecular weight excluding hydrogens is 380 g/mol. The Morgan fingerprint density at radius 1 is 1.11 bits per heavy atom. The van der Waals surface area contributed by atoms with Gasteiger partial charge < -0.3 is 0 Å². The maximum Gasteiger partial charge on any atom is 0.273 e. The summed E-state index contributed by atoms with van der Waals surface area (Å²) in [5, 5.41) is 15.7. The second kappa shape index (κ2) is 7.08. The minimum absolute atomic E-state index is 0.133. The van der Waals surface area contributed by atoms with E-state index < -0.39 is 20.7 Å². The van der Waals surface area contributed by atoms with Crippen LogP contribution in [0, 0.1) is 10.1 Å². The predicted molar refractivity (Wildman–Crippen MR) is 105 cm³/mol. The molecule has 3 aromatic rings. The van der Waals surface area contributed by atoms with Crippen molar-refractivity contribution in [3.8, 4) is 5.69 Å². The normalized spacial score (nSPS) is 14.0. The van der Waals surface area contributed by atoms with E-state index in [9.17, 15) is 18.5 Å². The van der Waals surface area contributed by atoms with Crippen LogP contribution >= 0.6 is 0 Å². The molecule has 8 nitrogen and oxygen atoms in total. The molecule has 1 heterocycles.